The normalized spacial score (nSPS) is 18.4. The fraction of sp³-hybridized carbons (Fsp3) is 0.562. The van der Waals surface area contributed by atoms with Gasteiger partial charge < -0.3 is 4.90 Å². The van der Waals surface area contributed by atoms with Crippen LogP contribution < -0.4 is 10.3 Å². The number of benzene rings is 1. The van der Waals surface area contributed by atoms with Crippen LogP contribution in [0.25, 0.3) is 0 Å². The van der Waals surface area contributed by atoms with E-state index in [1.54, 1.807) is 6.07 Å². The van der Waals surface area contributed by atoms with Crippen molar-refractivity contribution >= 4 is 22.8 Å². The van der Waals surface area contributed by atoms with E-state index in [9.17, 15) is 10.1 Å². The van der Waals surface area contributed by atoms with Crippen LogP contribution in [0.3, 0.4) is 0 Å². The third-order valence-corrected chi connectivity index (χ3v) is 4.41. The van der Waals surface area contributed by atoms with E-state index in [0.717, 1.165) is 50.2 Å². The number of nitro groups is 1. The summed E-state index contributed by atoms with van der Waals surface area (Å²) in [5.41, 5.74) is 5.68. The highest BCUT2D eigenvalue weighted by Gasteiger charge is 2.18. The Morgan fingerprint density at radius 2 is 1.82 bits per heavy atom. The molecular weight excluding hydrogens is 280 g/mol. The van der Waals surface area contributed by atoms with E-state index in [-0.39, 0.29) is 10.6 Å². The first-order chi connectivity index (χ1) is 10.7. The molecule has 0 amide bonds. The van der Waals surface area contributed by atoms with E-state index in [4.69, 9.17) is 0 Å². The van der Waals surface area contributed by atoms with Crippen molar-refractivity contribution in [1.29, 1.82) is 0 Å². The molecule has 3 rings (SSSR count). The zero-order valence-electron chi connectivity index (χ0n) is 12.8. The third-order valence-electron chi connectivity index (χ3n) is 4.41. The smallest absolute Gasteiger partial charge is 0.294 e. The van der Waals surface area contributed by atoms with Crippen LogP contribution in [0.4, 0.5) is 17.1 Å². The van der Waals surface area contributed by atoms with Crippen LogP contribution in [0, 0.1) is 10.1 Å². The van der Waals surface area contributed by atoms with E-state index >= 15 is 0 Å². The lowest BCUT2D eigenvalue weighted by molar-refractivity contribution is -0.383. The van der Waals surface area contributed by atoms with E-state index in [1.165, 1.54) is 19.3 Å². The van der Waals surface area contributed by atoms with Crippen molar-refractivity contribution in [3.8, 4) is 0 Å². The van der Waals surface area contributed by atoms with Gasteiger partial charge in [0.1, 0.15) is 5.69 Å². The van der Waals surface area contributed by atoms with Crippen molar-refractivity contribution in [3.05, 3.63) is 28.3 Å². The number of nitrogens with one attached hydrogen (secondary N) is 1. The number of hydrogen-bond acceptors (Lipinski definition) is 5. The van der Waals surface area contributed by atoms with E-state index in [2.05, 4.69) is 15.4 Å². The fourth-order valence-electron chi connectivity index (χ4n) is 3.16. The maximum atomic E-state index is 11.2. The minimum Gasteiger partial charge on any atom is -0.371 e. The molecule has 1 aliphatic carbocycles. The van der Waals surface area contributed by atoms with Gasteiger partial charge in [-0.2, -0.15) is 5.10 Å². The second-order valence-electron chi connectivity index (χ2n) is 6.00. The highest BCUT2D eigenvalue weighted by molar-refractivity contribution is 5.86. The first-order valence-electron chi connectivity index (χ1n) is 8.09. The van der Waals surface area contributed by atoms with Crippen LogP contribution in [-0.2, 0) is 0 Å². The number of hydrazone groups is 1. The summed E-state index contributed by atoms with van der Waals surface area (Å²) >= 11 is 0. The summed E-state index contributed by atoms with van der Waals surface area (Å²) in [4.78, 5) is 13.1. The van der Waals surface area contributed by atoms with Crippen LogP contribution in [0.1, 0.15) is 44.9 Å². The number of rotatable bonds is 4. The molecule has 1 saturated carbocycles. The molecule has 1 aromatic rings. The minimum atomic E-state index is -0.350. The molecule has 0 spiro atoms. The molecule has 1 heterocycles. The predicted molar refractivity (Wildman–Crippen MR) is 88.7 cm³/mol. The summed E-state index contributed by atoms with van der Waals surface area (Å²) in [5.74, 6) is 0. The summed E-state index contributed by atoms with van der Waals surface area (Å²) in [6.45, 7) is 2.04. The first-order valence-corrected chi connectivity index (χ1v) is 8.09. The van der Waals surface area contributed by atoms with Crippen LogP contribution in [-0.4, -0.2) is 23.7 Å². The van der Waals surface area contributed by atoms with E-state index in [0.29, 0.717) is 5.69 Å². The lowest BCUT2D eigenvalue weighted by atomic mass is 9.99. The Balaban J connectivity index is 1.82. The Labute approximate surface area is 130 Å². The van der Waals surface area contributed by atoms with Gasteiger partial charge in [-0.3, -0.25) is 15.5 Å². The molecule has 0 unspecified atom stereocenters. The van der Waals surface area contributed by atoms with Crippen LogP contribution in [0.5, 0.6) is 0 Å². The molecule has 1 aliphatic heterocycles. The summed E-state index contributed by atoms with van der Waals surface area (Å²) in [6, 6.07) is 5.27. The second-order valence-corrected chi connectivity index (χ2v) is 6.00. The van der Waals surface area contributed by atoms with Gasteiger partial charge in [0.05, 0.1) is 4.92 Å². The summed E-state index contributed by atoms with van der Waals surface area (Å²) in [6.07, 6.45) is 7.93. The Morgan fingerprint density at radius 3 is 2.50 bits per heavy atom. The molecule has 118 valence electrons. The van der Waals surface area contributed by atoms with Crippen LogP contribution in [0.15, 0.2) is 23.3 Å². The summed E-state index contributed by atoms with van der Waals surface area (Å²) in [5, 5.41) is 15.6. The van der Waals surface area contributed by atoms with Gasteiger partial charge in [-0.15, -0.1) is 0 Å². The third kappa shape index (κ3) is 3.37. The number of nitrogens with zero attached hydrogens (tertiary/aromatic N) is 3. The molecule has 1 saturated heterocycles. The predicted octanol–water partition coefficient (Wildman–Crippen LogP) is 3.93. The minimum absolute atomic E-state index is 0.0862. The molecule has 0 radical (unpaired) electrons. The standard InChI is InChI=1S/C16H22N4O2/c21-20(22)16-9-8-14(19-10-4-5-11-19)12-15(16)18-17-13-6-2-1-3-7-13/h8-9,12,18H,1-7,10-11H2. The highest BCUT2D eigenvalue weighted by atomic mass is 16.6. The first kappa shape index (κ1) is 14.8. The number of nitro benzene ring substituents is 1. The lowest BCUT2D eigenvalue weighted by Gasteiger charge is -2.18. The topological polar surface area (TPSA) is 70.8 Å². The van der Waals surface area contributed by atoms with Gasteiger partial charge in [0.25, 0.3) is 5.69 Å². The molecule has 1 N–H and O–H groups in total. The average Bonchev–Trinajstić information content (AvgIpc) is 3.08. The summed E-state index contributed by atoms with van der Waals surface area (Å²) in [7, 11) is 0. The van der Waals surface area contributed by atoms with Crippen LogP contribution >= 0.6 is 0 Å². The van der Waals surface area contributed by atoms with E-state index < -0.39 is 0 Å². The van der Waals surface area contributed by atoms with Crippen molar-refractivity contribution < 1.29 is 4.92 Å². The SMILES string of the molecule is O=[N+]([O-])c1ccc(N2CCCC2)cc1NN=C1CCCCC1. The molecular formula is C16H22N4O2. The molecule has 22 heavy (non-hydrogen) atoms. The fourth-order valence-corrected chi connectivity index (χ4v) is 3.16. The zero-order chi connectivity index (χ0) is 15.4. The van der Waals surface area contributed by atoms with Gasteiger partial charge in [0.15, 0.2) is 0 Å². The van der Waals surface area contributed by atoms with Crippen LogP contribution in [0.2, 0.25) is 0 Å². The Bertz CT molecular complexity index is 572. The van der Waals surface area contributed by atoms with Gasteiger partial charge in [-0.25, -0.2) is 0 Å². The molecule has 0 atom stereocenters. The maximum absolute atomic E-state index is 11.2. The van der Waals surface area contributed by atoms with Crippen molar-refractivity contribution in [2.75, 3.05) is 23.4 Å². The second kappa shape index (κ2) is 6.77. The number of hydrogen-bond donors (Lipinski definition) is 1. The van der Waals surface area contributed by atoms with Gasteiger partial charge in [0, 0.05) is 30.6 Å². The summed E-state index contributed by atoms with van der Waals surface area (Å²) < 4.78 is 0. The quantitative estimate of drug-likeness (QED) is 0.676. The molecule has 2 aliphatic rings. The van der Waals surface area contributed by atoms with Gasteiger partial charge in [-0.05, 0) is 50.7 Å². The lowest BCUT2D eigenvalue weighted by Crippen LogP contribution is -2.17. The molecule has 6 heteroatoms. The van der Waals surface area contributed by atoms with Crippen molar-refractivity contribution in [3.63, 3.8) is 0 Å². The van der Waals surface area contributed by atoms with Crippen molar-refractivity contribution in [2.45, 2.75) is 44.9 Å². The van der Waals surface area contributed by atoms with Crippen molar-refractivity contribution in [2.24, 2.45) is 5.10 Å². The number of anilines is 2. The molecule has 1 aromatic carbocycles. The molecule has 0 aromatic heterocycles. The van der Waals surface area contributed by atoms with Gasteiger partial charge in [-0.1, -0.05) is 6.42 Å². The van der Waals surface area contributed by atoms with Gasteiger partial charge in [0.2, 0.25) is 0 Å². The Morgan fingerprint density at radius 1 is 1.09 bits per heavy atom. The average molecular weight is 302 g/mol. The largest absolute Gasteiger partial charge is 0.371 e. The molecule has 6 nitrogen and oxygen atoms in total. The monoisotopic (exact) mass is 302 g/mol. The van der Waals surface area contributed by atoms with Crippen molar-refractivity contribution in [1.82, 2.24) is 0 Å². The maximum Gasteiger partial charge on any atom is 0.294 e. The van der Waals surface area contributed by atoms with Gasteiger partial charge >= 0.3 is 0 Å². The molecule has 0 bridgehead atoms. The zero-order valence-corrected chi connectivity index (χ0v) is 12.8. The Kier molecular flexibility index (Phi) is 4.56. The van der Waals surface area contributed by atoms with E-state index in [1.807, 2.05) is 12.1 Å². The molecule has 2 fully saturated rings. The Hall–Kier alpha value is -2.11. The highest BCUT2D eigenvalue weighted by Crippen LogP contribution is 2.31.